The molecule has 28 heavy (non-hydrogen) atoms. The van der Waals surface area contributed by atoms with Gasteiger partial charge in [0.25, 0.3) is 10.0 Å². The zero-order chi connectivity index (χ0) is 19.6. The van der Waals surface area contributed by atoms with E-state index in [1.165, 1.54) is 30.6 Å². The summed E-state index contributed by atoms with van der Waals surface area (Å²) in [5.41, 5.74) is 1.87. The van der Waals surface area contributed by atoms with E-state index in [1.54, 1.807) is 24.3 Å². The lowest BCUT2D eigenvalue weighted by molar-refractivity contribution is 0.585. The molecule has 0 saturated carbocycles. The zero-order valence-corrected chi connectivity index (χ0v) is 15.3. The predicted molar refractivity (Wildman–Crippen MR) is 106 cm³/mol. The number of fused-ring (bicyclic) bond motifs is 1. The molecule has 0 radical (unpaired) electrons. The summed E-state index contributed by atoms with van der Waals surface area (Å²) in [6.07, 6.45) is 2.85. The summed E-state index contributed by atoms with van der Waals surface area (Å²) >= 11 is 0. The minimum Gasteiger partial charge on any atom is -0.277 e. The fraction of sp³-hybridized carbons (Fsp3) is 0. The molecule has 0 unspecified atom stereocenters. The maximum atomic E-state index is 13.1. The first-order valence-corrected chi connectivity index (χ1v) is 9.84. The van der Waals surface area contributed by atoms with Crippen molar-refractivity contribution in [3.8, 4) is 11.3 Å². The first-order valence-electron chi connectivity index (χ1n) is 8.36. The monoisotopic (exact) mass is 394 g/mol. The smallest absolute Gasteiger partial charge is 0.276 e. The molecule has 0 amide bonds. The molecule has 1 heterocycles. The van der Waals surface area contributed by atoms with Crippen LogP contribution in [0.2, 0.25) is 0 Å². The van der Waals surface area contributed by atoms with Crippen LogP contribution >= 0.6 is 0 Å². The predicted octanol–water partition coefficient (Wildman–Crippen LogP) is 3.68. The van der Waals surface area contributed by atoms with Crippen molar-refractivity contribution in [3.05, 3.63) is 84.3 Å². The molecule has 0 bridgehead atoms. The highest BCUT2D eigenvalue weighted by Crippen LogP contribution is 2.21. The van der Waals surface area contributed by atoms with Crippen molar-refractivity contribution in [1.82, 2.24) is 15.0 Å². The quantitative estimate of drug-likeness (QED) is 0.400. The number of hydrazone groups is 1. The van der Waals surface area contributed by atoms with Gasteiger partial charge in [-0.25, -0.2) is 9.22 Å². The Bertz CT molecular complexity index is 1260. The van der Waals surface area contributed by atoms with E-state index in [1.807, 2.05) is 24.3 Å². The number of rotatable bonds is 5. The highest BCUT2D eigenvalue weighted by molar-refractivity contribution is 7.89. The van der Waals surface area contributed by atoms with Crippen molar-refractivity contribution in [1.29, 1.82) is 0 Å². The van der Waals surface area contributed by atoms with Gasteiger partial charge in [0.2, 0.25) is 0 Å². The summed E-state index contributed by atoms with van der Waals surface area (Å²) in [5, 5.41) is 12.4. The van der Waals surface area contributed by atoms with Crippen LogP contribution in [0.4, 0.5) is 4.39 Å². The lowest BCUT2D eigenvalue weighted by atomic mass is 10.1. The fourth-order valence-corrected chi connectivity index (χ4v) is 3.62. The summed E-state index contributed by atoms with van der Waals surface area (Å²) in [4.78, 5) is 2.33. The van der Waals surface area contributed by atoms with Gasteiger partial charge in [0, 0.05) is 11.1 Å². The molecule has 6 nitrogen and oxygen atoms in total. The van der Waals surface area contributed by atoms with Crippen LogP contribution in [-0.2, 0) is 10.0 Å². The molecule has 0 fully saturated rings. The standard InChI is InChI=1S/C20H15FN4O2S/c21-18-8-5-15(6-9-18)20-17(12-22-24-20)13-23-25-28(26,27)19-10-7-14-3-1-2-4-16(14)11-19/h1-13,25H,(H,22,24)/b23-13-. The highest BCUT2D eigenvalue weighted by atomic mass is 32.2. The van der Waals surface area contributed by atoms with Gasteiger partial charge < -0.3 is 0 Å². The van der Waals surface area contributed by atoms with Crippen molar-refractivity contribution < 1.29 is 12.8 Å². The van der Waals surface area contributed by atoms with Crippen molar-refractivity contribution in [2.75, 3.05) is 0 Å². The van der Waals surface area contributed by atoms with Gasteiger partial charge in [-0.2, -0.15) is 18.6 Å². The molecule has 0 spiro atoms. The first kappa shape index (κ1) is 17.9. The number of sulfonamides is 1. The minimum absolute atomic E-state index is 0.120. The molecule has 4 aromatic rings. The van der Waals surface area contributed by atoms with E-state index in [2.05, 4.69) is 20.1 Å². The summed E-state index contributed by atoms with van der Waals surface area (Å²) in [7, 11) is -3.82. The molecule has 0 aliphatic heterocycles. The van der Waals surface area contributed by atoms with E-state index in [9.17, 15) is 12.8 Å². The number of halogens is 1. The van der Waals surface area contributed by atoms with Gasteiger partial charge in [-0.15, -0.1) is 0 Å². The van der Waals surface area contributed by atoms with Crippen molar-refractivity contribution >= 4 is 27.0 Å². The number of hydrogen-bond acceptors (Lipinski definition) is 4. The van der Waals surface area contributed by atoms with Crippen LogP contribution < -0.4 is 4.83 Å². The molecular formula is C20H15FN4O2S. The van der Waals surface area contributed by atoms with E-state index >= 15 is 0 Å². The van der Waals surface area contributed by atoms with Crippen molar-refractivity contribution in [2.45, 2.75) is 4.90 Å². The zero-order valence-electron chi connectivity index (χ0n) is 14.5. The molecule has 3 aromatic carbocycles. The van der Waals surface area contributed by atoms with Crippen LogP contribution in [0.5, 0.6) is 0 Å². The second-order valence-electron chi connectivity index (χ2n) is 6.07. The SMILES string of the molecule is O=S(=O)(N/N=C\c1cn[nH]c1-c1ccc(F)cc1)c1ccc2ccccc2c1. The molecule has 2 N–H and O–H groups in total. The van der Waals surface area contributed by atoms with Crippen LogP contribution in [0.3, 0.4) is 0 Å². The maximum Gasteiger partial charge on any atom is 0.276 e. The molecule has 8 heteroatoms. The number of aromatic amines is 1. The molecular weight excluding hydrogens is 379 g/mol. The molecule has 1 aromatic heterocycles. The molecule has 140 valence electrons. The van der Waals surface area contributed by atoms with Gasteiger partial charge in [0.15, 0.2) is 0 Å². The summed E-state index contributed by atoms with van der Waals surface area (Å²) in [5.74, 6) is -0.346. The number of H-pyrrole nitrogens is 1. The van der Waals surface area contributed by atoms with E-state index in [0.29, 0.717) is 16.8 Å². The Morgan fingerprint density at radius 3 is 2.54 bits per heavy atom. The number of benzene rings is 3. The van der Waals surface area contributed by atoms with Crippen LogP contribution in [0, 0.1) is 5.82 Å². The van der Waals surface area contributed by atoms with E-state index in [4.69, 9.17) is 0 Å². The number of hydrogen-bond donors (Lipinski definition) is 2. The fourth-order valence-electron chi connectivity index (χ4n) is 2.79. The number of nitrogens with one attached hydrogen (secondary N) is 2. The Kier molecular flexibility index (Phi) is 4.62. The second kappa shape index (κ2) is 7.24. The largest absolute Gasteiger partial charge is 0.277 e. The van der Waals surface area contributed by atoms with E-state index in [-0.39, 0.29) is 10.7 Å². The summed E-state index contributed by atoms with van der Waals surface area (Å²) in [6.45, 7) is 0. The molecule has 0 aliphatic rings. The minimum atomic E-state index is -3.82. The number of aromatic nitrogens is 2. The third-order valence-corrected chi connectivity index (χ3v) is 5.43. The van der Waals surface area contributed by atoms with Crippen LogP contribution in [0.1, 0.15) is 5.56 Å². The Hall–Kier alpha value is -3.52. The lowest BCUT2D eigenvalue weighted by Crippen LogP contribution is -2.18. The molecule has 0 aliphatic carbocycles. The topological polar surface area (TPSA) is 87.2 Å². The Morgan fingerprint density at radius 2 is 1.75 bits per heavy atom. The first-order chi connectivity index (χ1) is 13.5. The third-order valence-electron chi connectivity index (χ3n) is 4.21. The van der Waals surface area contributed by atoms with Gasteiger partial charge >= 0.3 is 0 Å². The van der Waals surface area contributed by atoms with Crippen LogP contribution in [0.15, 0.2) is 82.9 Å². The molecule has 4 rings (SSSR count). The van der Waals surface area contributed by atoms with Gasteiger partial charge in [-0.3, -0.25) is 5.10 Å². The van der Waals surface area contributed by atoms with Gasteiger partial charge in [-0.1, -0.05) is 30.3 Å². The average Bonchev–Trinajstić information content (AvgIpc) is 3.16. The summed E-state index contributed by atoms with van der Waals surface area (Å²) < 4.78 is 38.1. The van der Waals surface area contributed by atoms with Crippen LogP contribution in [0.25, 0.3) is 22.0 Å². The average molecular weight is 394 g/mol. The maximum absolute atomic E-state index is 13.1. The van der Waals surface area contributed by atoms with Crippen molar-refractivity contribution in [2.24, 2.45) is 5.10 Å². The Labute approximate surface area is 160 Å². The third kappa shape index (κ3) is 3.63. The van der Waals surface area contributed by atoms with E-state index in [0.717, 1.165) is 10.8 Å². The van der Waals surface area contributed by atoms with Crippen LogP contribution in [-0.4, -0.2) is 24.8 Å². The lowest BCUT2D eigenvalue weighted by Gasteiger charge is -2.05. The molecule has 0 saturated heterocycles. The van der Waals surface area contributed by atoms with E-state index < -0.39 is 10.0 Å². The summed E-state index contributed by atoms with van der Waals surface area (Å²) in [6, 6.07) is 18.2. The molecule has 0 atom stereocenters. The highest BCUT2D eigenvalue weighted by Gasteiger charge is 2.13. The van der Waals surface area contributed by atoms with Gasteiger partial charge in [0.05, 0.1) is 23.0 Å². The second-order valence-corrected chi connectivity index (χ2v) is 7.73. The van der Waals surface area contributed by atoms with Gasteiger partial charge in [0.1, 0.15) is 5.82 Å². The Morgan fingerprint density at radius 1 is 1.00 bits per heavy atom. The number of nitrogens with zero attached hydrogens (tertiary/aromatic N) is 2. The normalized spacial score (nSPS) is 11.9. The van der Waals surface area contributed by atoms with Crippen molar-refractivity contribution in [3.63, 3.8) is 0 Å². The van der Waals surface area contributed by atoms with Gasteiger partial charge in [-0.05, 0) is 47.2 Å². The Balaban J connectivity index is 1.56.